The summed E-state index contributed by atoms with van der Waals surface area (Å²) in [6.07, 6.45) is 1.38. The van der Waals surface area contributed by atoms with E-state index in [0.717, 1.165) is 4.68 Å². The van der Waals surface area contributed by atoms with E-state index >= 15 is 0 Å². The van der Waals surface area contributed by atoms with E-state index in [2.05, 4.69) is 25.1 Å². The van der Waals surface area contributed by atoms with Crippen LogP contribution in [-0.2, 0) is 31.4 Å². The first-order valence-corrected chi connectivity index (χ1v) is 13.6. The average molecular weight is 542 g/mol. The van der Waals surface area contributed by atoms with Crippen molar-refractivity contribution in [3.8, 4) is 11.1 Å². The molecule has 0 aliphatic rings. The highest BCUT2D eigenvalue weighted by Gasteiger charge is 2.27. The van der Waals surface area contributed by atoms with E-state index in [-0.39, 0.29) is 16.7 Å². The predicted octanol–water partition coefficient (Wildman–Crippen LogP) is 2.60. The first-order chi connectivity index (χ1) is 16.0. The van der Waals surface area contributed by atoms with Gasteiger partial charge in [0.15, 0.2) is 16.7 Å². The van der Waals surface area contributed by atoms with Gasteiger partial charge in [-0.3, -0.25) is 9.82 Å². The molecule has 0 saturated heterocycles. The number of sulfonamides is 1. The average Bonchev–Trinajstić information content (AvgIpc) is 3.39. The largest absolute Gasteiger partial charge is 0.336 e. The number of nitrogens with two attached hydrogens (primary N) is 1. The van der Waals surface area contributed by atoms with Crippen LogP contribution in [0.3, 0.4) is 0 Å². The Bertz CT molecular complexity index is 1530. The first kappa shape index (κ1) is 24.0. The van der Waals surface area contributed by atoms with Crippen LogP contribution >= 0.6 is 23.2 Å². The number of hydrogen-bond donors (Lipinski definition) is 3. The van der Waals surface area contributed by atoms with Crippen molar-refractivity contribution in [2.75, 3.05) is 10.6 Å². The van der Waals surface area contributed by atoms with E-state index in [1.807, 2.05) is 0 Å². The maximum Gasteiger partial charge on any atom is 0.240 e. The highest BCUT2D eigenvalue weighted by atomic mass is 35.5. The number of H-pyrrole nitrogens is 1. The van der Waals surface area contributed by atoms with E-state index in [0.29, 0.717) is 26.9 Å². The molecule has 178 valence electrons. The van der Waals surface area contributed by atoms with Gasteiger partial charge < -0.3 is 5.84 Å². The Morgan fingerprint density at radius 2 is 1.44 bits per heavy atom. The van der Waals surface area contributed by atoms with Gasteiger partial charge in [0.2, 0.25) is 19.9 Å². The minimum absolute atomic E-state index is 0.142. The standard InChI is InChI=1S/C19H17Cl2N7O4S2/c20-13-3-1-12(2-4-13)16-9-23-26-19(16)33(29,30)10-17-24-25-18(28(17)22)11-34(31,32)27-15-7-5-14(21)6-8-15/h1-9,27H,10-11,22H2,(H,23,26). The lowest BCUT2D eigenvalue weighted by Crippen LogP contribution is -2.23. The molecule has 0 atom stereocenters. The van der Waals surface area contributed by atoms with Crippen LogP contribution in [0.25, 0.3) is 11.1 Å². The van der Waals surface area contributed by atoms with Crippen LogP contribution < -0.4 is 10.6 Å². The Kier molecular flexibility index (Phi) is 6.53. The maximum atomic E-state index is 13.1. The molecule has 11 nitrogen and oxygen atoms in total. The fourth-order valence-electron chi connectivity index (χ4n) is 3.05. The number of nitrogens with one attached hydrogen (secondary N) is 2. The van der Waals surface area contributed by atoms with Gasteiger partial charge in [-0.05, 0) is 42.0 Å². The van der Waals surface area contributed by atoms with Crippen molar-refractivity contribution in [3.05, 3.63) is 76.4 Å². The molecule has 2 aromatic carbocycles. The lowest BCUT2D eigenvalue weighted by atomic mass is 10.1. The summed E-state index contributed by atoms with van der Waals surface area (Å²) in [5.74, 6) is 4.38. The summed E-state index contributed by atoms with van der Waals surface area (Å²) in [5.41, 5.74) is 1.23. The van der Waals surface area contributed by atoms with Crippen LogP contribution in [0, 0.1) is 0 Å². The first-order valence-electron chi connectivity index (χ1n) is 9.50. The molecule has 4 rings (SSSR count). The molecule has 0 bridgehead atoms. The highest BCUT2D eigenvalue weighted by Crippen LogP contribution is 2.28. The molecule has 4 N–H and O–H groups in total. The van der Waals surface area contributed by atoms with Crippen molar-refractivity contribution in [2.45, 2.75) is 16.5 Å². The quantitative estimate of drug-likeness (QED) is 0.286. The van der Waals surface area contributed by atoms with Crippen LogP contribution in [-0.4, -0.2) is 41.9 Å². The molecule has 0 radical (unpaired) electrons. The number of rotatable bonds is 8. The number of sulfone groups is 1. The van der Waals surface area contributed by atoms with Gasteiger partial charge in [0.1, 0.15) is 11.5 Å². The molecule has 34 heavy (non-hydrogen) atoms. The lowest BCUT2D eigenvalue weighted by Gasteiger charge is -2.09. The molecule has 15 heteroatoms. The smallest absolute Gasteiger partial charge is 0.240 e. The summed E-state index contributed by atoms with van der Waals surface area (Å²) in [7, 11) is -7.91. The van der Waals surface area contributed by atoms with Crippen molar-refractivity contribution in [2.24, 2.45) is 0 Å². The topological polar surface area (TPSA) is 166 Å². The third-order valence-corrected chi connectivity index (χ3v) is 7.92. The molecule has 0 aliphatic carbocycles. The molecule has 0 amide bonds. The number of aromatic nitrogens is 5. The van der Waals surface area contributed by atoms with Crippen molar-refractivity contribution in [1.82, 2.24) is 25.1 Å². The Hall–Kier alpha value is -3.13. The summed E-state index contributed by atoms with van der Waals surface area (Å²) in [6, 6.07) is 12.6. The molecule has 0 fully saturated rings. The summed E-state index contributed by atoms with van der Waals surface area (Å²) in [5, 5.41) is 14.7. The van der Waals surface area contributed by atoms with Crippen molar-refractivity contribution >= 4 is 48.7 Å². The second-order valence-electron chi connectivity index (χ2n) is 7.15. The van der Waals surface area contributed by atoms with E-state index in [1.54, 1.807) is 24.3 Å². The fraction of sp³-hybridized carbons (Fsp3) is 0.105. The summed E-state index contributed by atoms with van der Waals surface area (Å²) in [4.78, 5) is 0. The molecule has 2 heterocycles. The second-order valence-corrected chi connectivity index (χ2v) is 11.7. The third-order valence-electron chi connectivity index (χ3n) is 4.66. The lowest BCUT2D eigenvalue weighted by molar-refractivity contribution is 0.589. The van der Waals surface area contributed by atoms with Gasteiger partial charge in [0.25, 0.3) is 0 Å². The van der Waals surface area contributed by atoms with Crippen LogP contribution in [0.5, 0.6) is 0 Å². The van der Waals surface area contributed by atoms with E-state index in [1.165, 1.54) is 30.5 Å². The second kappa shape index (κ2) is 9.25. The molecule has 0 unspecified atom stereocenters. The Morgan fingerprint density at radius 3 is 2.06 bits per heavy atom. The van der Waals surface area contributed by atoms with Gasteiger partial charge in [0, 0.05) is 21.3 Å². The normalized spacial score (nSPS) is 12.1. The molecule has 0 aliphatic heterocycles. The number of nitrogen functional groups attached to an aromatic ring is 1. The molecule has 2 aromatic heterocycles. The molecule has 0 spiro atoms. The minimum Gasteiger partial charge on any atom is -0.336 e. The van der Waals surface area contributed by atoms with Crippen LogP contribution in [0.2, 0.25) is 10.0 Å². The van der Waals surface area contributed by atoms with Crippen molar-refractivity contribution in [1.29, 1.82) is 0 Å². The number of aromatic amines is 1. The summed E-state index contributed by atoms with van der Waals surface area (Å²) >= 11 is 11.7. The number of hydrogen-bond acceptors (Lipinski definition) is 8. The molecule has 4 aromatic rings. The summed E-state index contributed by atoms with van der Waals surface area (Å²) < 4.78 is 54.3. The van der Waals surface area contributed by atoms with Gasteiger partial charge in [-0.25, -0.2) is 21.5 Å². The number of halogens is 2. The number of nitrogens with zero attached hydrogens (tertiary/aromatic N) is 4. The van der Waals surface area contributed by atoms with Gasteiger partial charge >= 0.3 is 0 Å². The Morgan fingerprint density at radius 1 is 0.882 bits per heavy atom. The minimum atomic E-state index is -4.00. The maximum absolute atomic E-state index is 13.1. The van der Waals surface area contributed by atoms with Crippen molar-refractivity contribution in [3.63, 3.8) is 0 Å². The predicted molar refractivity (Wildman–Crippen MR) is 128 cm³/mol. The van der Waals surface area contributed by atoms with E-state index in [4.69, 9.17) is 29.0 Å². The fourth-order valence-corrected chi connectivity index (χ4v) is 5.78. The number of benzene rings is 2. The monoisotopic (exact) mass is 541 g/mol. The molecular formula is C19H17Cl2N7O4S2. The van der Waals surface area contributed by atoms with Gasteiger partial charge in [-0.1, -0.05) is 35.3 Å². The van der Waals surface area contributed by atoms with Gasteiger partial charge in [-0.2, -0.15) is 5.10 Å². The van der Waals surface area contributed by atoms with Gasteiger partial charge in [-0.15, -0.1) is 10.2 Å². The zero-order chi connectivity index (χ0) is 24.5. The Balaban J connectivity index is 1.54. The Labute approximate surface area is 204 Å². The third kappa shape index (κ3) is 5.33. The van der Waals surface area contributed by atoms with Crippen LogP contribution in [0.4, 0.5) is 5.69 Å². The molecule has 0 saturated carbocycles. The molecular weight excluding hydrogens is 525 g/mol. The van der Waals surface area contributed by atoms with E-state index in [9.17, 15) is 16.8 Å². The number of anilines is 1. The summed E-state index contributed by atoms with van der Waals surface area (Å²) in [6.45, 7) is 0. The van der Waals surface area contributed by atoms with Gasteiger partial charge in [0.05, 0.1) is 6.20 Å². The van der Waals surface area contributed by atoms with Crippen molar-refractivity contribution < 1.29 is 16.8 Å². The van der Waals surface area contributed by atoms with Crippen LogP contribution in [0.1, 0.15) is 11.6 Å². The SMILES string of the molecule is Nn1c(CS(=O)(=O)Nc2ccc(Cl)cc2)nnc1CS(=O)(=O)c1[nH]ncc1-c1ccc(Cl)cc1. The van der Waals surface area contributed by atoms with Crippen LogP contribution in [0.15, 0.2) is 59.8 Å². The highest BCUT2D eigenvalue weighted by molar-refractivity contribution is 7.92. The van der Waals surface area contributed by atoms with E-state index < -0.39 is 31.4 Å². The zero-order valence-corrected chi connectivity index (χ0v) is 20.3. The zero-order valence-electron chi connectivity index (χ0n) is 17.2.